The van der Waals surface area contributed by atoms with Crippen molar-refractivity contribution in [2.24, 2.45) is 5.92 Å². The van der Waals surface area contributed by atoms with Crippen LogP contribution in [0.2, 0.25) is 0 Å². The Hall–Kier alpha value is -0.870. The number of nitrogens with zero attached hydrogens (tertiary/aromatic N) is 1. The number of rotatable bonds is 2. The van der Waals surface area contributed by atoms with E-state index in [9.17, 15) is 4.79 Å². The maximum Gasteiger partial charge on any atom is 0.226 e. The summed E-state index contributed by atoms with van der Waals surface area (Å²) < 4.78 is 5.70. The summed E-state index contributed by atoms with van der Waals surface area (Å²) in [6.07, 6.45) is 1.90. The van der Waals surface area contributed by atoms with Crippen molar-refractivity contribution in [1.29, 1.82) is 0 Å². The summed E-state index contributed by atoms with van der Waals surface area (Å²) in [6.45, 7) is 3.42. The van der Waals surface area contributed by atoms with Gasteiger partial charge in [0.2, 0.25) is 5.91 Å². The monoisotopic (exact) mass is 337 g/mol. The number of amides is 1. The smallest absolute Gasteiger partial charge is 0.226 e. The van der Waals surface area contributed by atoms with Crippen LogP contribution in [0.1, 0.15) is 18.1 Å². The van der Waals surface area contributed by atoms with E-state index in [1.807, 2.05) is 4.90 Å². The number of fused-ring (bicyclic) bond motifs is 1. The van der Waals surface area contributed by atoms with Gasteiger partial charge in [-0.15, -0.1) is 0 Å². The predicted octanol–water partition coefficient (Wildman–Crippen LogP) is 2.41. The molecule has 3 nitrogen and oxygen atoms in total. The molecule has 1 aliphatic heterocycles. The molecule has 1 aromatic carbocycles. The molecule has 1 heterocycles. The Morgan fingerprint density at radius 1 is 1.35 bits per heavy atom. The third-order valence-electron chi connectivity index (χ3n) is 4.36. The normalized spacial score (nSPS) is 26.6. The first-order chi connectivity index (χ1) is 9.69. The summed E-state index contributed by atoms with van der Waals surface area (Å²) in [5, 5.41) is 0.786. The maximum atomic E-state index is 12.8. The number of benzene rings is 1. The molecule has 0 saturated carbocycles. The lowest BCUT2D eigenvalue weighted by Crippen LogP contribution is -2.53. The van der Waals surface area contributed by atoms with Crippen molar-refractivity contribution in [3.63, 3.8) is 0 Å². The number of alkyl halides is 1. The van der Waals surface area contributed by atoms with E-state index in [-0.39, 0.29) is 18.1 Å². The standard InChI is InChI=1S/C16H20BrNO2/c1-11-10-20-15(8-17)9-18(11)16(19)14-6-12-4-2-3-5-13(12)7-14/h2-5,11,14-15H,6-10H2,1H3. The van der Waals surface area contributed by atoms with Crippen LogP contribution in [-0.4, -0.2) is 41.4 Å². The van der Waals surface area contributed by atoms with Crippen molar-refractivity contribution in [3.05, 3.63) is 35.4 Å². The van der Waals surface area contributed by atoms with Gasteiger partial charge in [0, 0.05) is 17.8 Å². The molecule has 2 aliphatic rings. The lowest BCUT2D eigenvalue weighted by Gasteiger charge is -2.38. The maximum absolute atomic E-state index is 12.8. The molecule has 0 radical (unpaired) electrons. The minimum absolute atomic E-state index is 0.115. The minimum Gasteiger partial charge on any atom is -0.373 e. The van der Waals surface area contributed by atoms with Crippen LogP contribution < -0.4 is 0 Å². The first-order valence-corrected chi connectivity index (χ1v) is 8.36. The topological polar surface area (TPSA) is 29.5 Å². The second-order valence-corrected chi connectivity index (χ2v) is 6.47. The Balaban J connectivity index is 1.70. The van der Waals surface area contributed by atoms with Gasteiger partial charge in [0.15, 0.2) is 0 Å². The predicted molar refractivity (Wildman–Crippen MR) is 82.0 cm³/mol. The fourth-order valence-corrected chi connectivity index (χ4v) is 3.58. The highest BCUT2D eigenvalue weighted by atomic mass is 79.9. The van der Waals surface area contributed by atoms with Gasteiger partial charge in [0.1, 0.15) is 0 Å². The fraction of sp³-hybridized carbons (Fsp3) is 0.562. The molecule has 1 saturated heterocycles. The lowest BCUT2D eigenvalue weighted by atomic mass is 10.0. The molecule has 20 heavy (non-hydrogen) atoms. The summed E-state index contributed by atoms with van der Waals surface area (Å²) in [6, 6.07) is 8.59. The SMILES string of the molecule is CC1COC(CBr)CN1C(=O)C1Cc2ccccc2C1. The Morgan fingerprint density at radius 3 is 2.60 bits per heavy atom. The highest BCUT2D eigenvalue weighted by Gasteiger charge is 2.35. The average molecular weight is 338 g/mol. The molecule has 1 aliphatic carbocycles. The molecule has 2 atom stereocenters. The van der Waals surface area contributed by atoms with Gasteiger partial charge in [-0.25, -0.2) is 0 Å². The quantitative estimate of drug-likeness (QED) is 0.775. The van der Waals surface area contributed by atoms with Crippen LogP contribution >= 0.6 is 15.9 Å². The highest BCUT2D eigenvalue weighted by Crippen LogP contribution is 2.29. The molecule has 1 amide bonds. The van der Waals surface area contributed by atoms with Crippen molar-refractivity contribution >= 4 is 21.8 Å². The van der Waals surface area contributed by atoms with Gasteiger partial charge in [-0.2, -0.15) is 0 Å². The van der Waals surface area contributed by atoms with Crippen molar-refractivity contribution in [2.75, 3.05) is 18.5 Å². The molecule has 108 valence electrons. The molecule has 0 bridgehead atoms. The zero-order valence-corrected chi connectivity index (χ0v) is 13.3. The molecule has 1 aromatic rings. The zero-order chi connectivity index (χ0) is 14.1. The number of halogens is 1. The van der Waals surface area contributed by atoms with Crippen molar-refractivity contribution in [3.8, 4) is 0 Å². The summed E-state index contributed by atoms with van der Waals surface area (Å²) in [4.78, 5) is 14.8. The first kappa shape index (κ1) is 14.1. The second-order valence-electron chi connectivity index (χ2n) is 5.82. The molecule has 0 spiro atoms. The van der Waals surface area contributed by atoms with Gasteiger partial charge in [0.05, 0.1) is 18.8 Å². The van der Waals surface area contributed by atoms with Crippen LogP contribution in [-0.2, 0) is 22.4 Å². The van der Waals surface area contributed by atoms with E-state index in [0.29, 0.717) is 19.1 Å². The molecule has 0 aromatic heterocycles. The molecule has 1 fully saturated rings. The highest BCUT2D eigenvalue weighted by molar-refractivity contribution is 9.09. The molecular formula is C16H20BrNO2. The van der Waals surface area contributed by atoms with Crippen molar-refractivity contribution < 1.29 is 9.53 Å². The number of carbonyl (C=O) groups excluding carboxylic acids is 1. The van der Waals surface area contributed by atoms with E-state index in [4.69, 9.17) is 4.74 Å². The second kappa shape index (κ2) is 5.86. The van der Waals surface area contributed by atoms with Crippen LogP contribution in [0.4, 0.5) is 0 Å². The first-order valence-electron chi connectivity index (χ1n) is 7.24. The Labute approximate surface area is 128 Å². The van der Waals surface area contributed by atoms with E-state index in [1.165, 1.54) is 11.1 Å². The van der Waals surface area contributed by atoms with Gasteiger partial charge in [-0.05, 0) is 30.9 Å². The third kappa shape index (κ3) is 2.63. The number of morpholine rings is 1. The van der Waals surface area contributed by atoms with Gasteiger partial charge in [-0.3, -0.25) is 4.79 Å². The van der Waals surface area contributed by atoms with Crippen molar-refractivity contribution in [1.82, 2.24) is 4.90 Å². The van der Waals surface area contributed by atoms with Crippen molar-refractivity contribution in [2.45, 2.75) is 31.9 Å². The minimum atomic E-state index is 0.115. The van der Waals surface area contributed by atoms with E-state index in [1.54, 1.807) is 0 Å². The van der Waals surface area contributed by atoms with Crippen LogP contribution in [0.15, 0.2) is 24.3 Å². The van der Waals surface area contributed by atoms with E-state index in [2.05, 4.69) is 47.1 Å². The summed E-state index contributed by atoms with van der Waals surface area (Å²) in [5.74, 6) is 0.409. The van der Waals surface area contributed by atoms with Gasteiger partial charge >= 0.3 is 0 Å². The Bertz CT molecular complexity index is 480. The summed E-state index contributed by atoms with van der Waals surface area (Å²) in [5.41, 5.74) is 2.67. The van der Waals surface area contributed by atoms with Crippen LogP contribution in [0.5, 0.6) is 0 Å². The zero-order valence-electron chi connectivity index (χ0n) is 11.7. The summed E-state index contributed by atoms with van der Waals surface area (Å²) in [7, 11) is 0. The largest absolute Gasteiger partial charge is 0.373 e. The Kier molecular flexibility index (Phi) is 4.13. The van der Waals surface area contributed by atoms with E-state index < -0.39 is 0 Å². The van der Waals surface area contributed by atoms with Crippen LogP contribution in [0.3, 0.4) is 0 Å². The molecule has 4 heteroatoms. The van der Waals surface area contributed by atoms with Gasteiger partial charge < -0.3 is 9.64 Å². The molecule has 0 N–H and O–H groups in total. The van der Waals surface area contributed by atoms with Gasteiger partial charge in [0.25, 0.3) is 0 Å². The number of ether oxygens (including phenoxy) is 1. The lowest BCUT2D eigenvalue weighted by molar-refractivity contribution is -0.147. The summed E-state index contributed by atoms with van der Waals surface area (Å²) >= 11 is 3.45. The van der Waals surface area contributed by atoms with Gasteiger partial charge in [-0.1, -0.05) is 40.2 Å². The fourth-order valence-electron chi connectivity index (χ4n) is 3.19. The third-order valence-corrected chi connectivity index (χ3v) is 5.08. The number of hydrogen-bond acceptors (Lipinski definition) is 2. The van der Waals surface area contributed by atoms with E-state index in [0.717, 1.165) is 18.2 Å². The average Bonchev–Trinajstić information content (AvgIpc) is 2.91. The molecular weight excluding hydrogens is 318 g/mol. The molecule has 3 rings (SSSR count). The number of hydrogen-bond donors (Lipinski definition) is 0. The molecule has 2 unspecified atom stereocenters. The van der Waals surface area contributed by atoms with Crippen LogP contribution in [0.25, 0.3) is 0 Å². The van der Waals surface area contributed by atoms with Crippen LogP contribution in [0, 0.1) is 5.92 Å². The Morgan fingerprint density at radius 2 is 2.00 bits per heavy atom. The van der Waals surface area contributed by atoms with E-state index >= 15 is 0 Å². The number of carbonyl (C=O) groups is 1.